The molecule has 0 aliphatic carbocycles. The number of carbonyl (C=O) groups is 2. The first kappa shape index (κ1) is 24.8. The van der Waals surface area contributed by atoms with Gasteiger partial charge in [0.1, 0.15) is 5.75 Å². The fourth-order valence-electron chi connectivity index (χ4n) is 3.31. The molecule has 34 heavy (non-hydrogen) atoms. The van der Waals surface area contributed by atoms with Gasteiger partial charge in [-0.3, -0.25) is 9.59 Å². The Morgan fingerprint density at radius 2 is 1.68 bits per heavy atom. The zero-order chi connectivity index (χ0) is 24.2. The van der Waals surface area contributed by atoms with Crippen molar-refractivity contribution in [1.82, 2.24) is 5.32 Å². The Kier molecular flexibility index (Phi) is 9.52. The first-order valence-corrected chi connectivity index (χ1v) is 11.7. The lowest BCUT2D eigenvalue weighted by molar-refractivity contribution is -0.114. The van der Waals surface area contributed by atoms with E-state index in [9.17, 15) is 9.59 Å². The number of carbonyl (C=O) groups excluding carboxylic acids is 2. The van der Waals surface area contributed by atoms with Gasteiger partial charge in [-0.05, 0) is 68.1 Å². The highest BCUT2D eigenvalue weighted by Gasteiger charge is 2.09. The maximum absolute atomic E-state index is 12.4. The average molecular weight is 460 g/mol. The number of ether oxygens (including phenoxy) is 1. The monoisotopic (exact) mass is 459 g/mol. The topological polar surface area (TPSA) is 79.5 Å². The minimum Gasteiger partial charge on any atom is -0.494 e. The van der Waals surface area contributed by atoms with E-state index in [0.29, 0.717) is 17.9 Å². The third-order valence-corrected chi connectivity index (χ3v) is 5.43. The SMILES string of the molecule is CCC(C)NC(=O)c1ccc(NCC(=O)Nc2cccc(OCCCc3ccccc3)c2)cc1. The van der Waals surface area contributed by atoms with Crippen molar-refractivity contribution in [3.63, 3.8) is 0 Å². The summed E-state index contributed by atoms with van der Waals surface area (Å²) in [6, 6.07) is 24.9. The maximum Gasteiger partial charge on any atom is 0.251 e. The number of anilines is 2. The Morgan fingerprint density at radius 3 is 2.41 bits per heavy atom. The molecule has 3 aromatic rings. The van der Waals surface area contributed by atoms with Gasteiger partial charge in [-0.1, -0.05) is 43.3 Å². The summed E-state index contributed by atoms with van der Waals surface area (Å²) in [5.74, 6) is 0.464. The molecular formula is C28H33N3O3. The van der Waals surface area contributed by atoms with Crippen LogP contribution in [-0.4, -0.2) is 31.0 Å². The molecule has 2 amide bonds. The fourth-order valence-corrected chi connectivity index (χ4v) is 3.31. The summed E-state index contributed by atoms with van der Waals surface area (Å²) in [5.41, 5.74) is 3.34. The second-order valence-corrected chi connectivity index (χ2v) is 8.23. The molecule has 3 rings (SSSR count). The quantitative estimate of drug-likeness (QED) is 0.322. The van der Waals surface area contributed by atoms with Crippen LogP contribution in [0.2, 0.25) is 0 Å². The van der Waals surface area contributed by atoms with Gasteiger partial charge in [0, 0.05) is 29.0 Å². The molecule has 0 saturated carbocycles. The van der Waals surface area contributed by atoms with E-state index in [1.54, 1.807) is 24.3 Å². The largest absolute Gasteiger partial charge is 0.494 e. The van der Waals surface area contributed by atoms with Crippen molar-refractivity contribution in [2.24, 2.45) is 0 Å². The van der Waals surface area contributed by atoms with E-state index >= 15 is 0 Å². The van der Waals surface area contributed by atoms with E-state index in [1.807, 2.05) is 56.3 Å². The highest BCUT2D eigenvalue weighted by molar-refractivity contribution is 5.95. The molecular weight excluding hydrogens is 426 g/mol. The third kappa shape index (κ3) is 8.28. The Balaban J connectivity index is 1.41. The highest BCUT2D eigenvalue weighted by atomic mass is 16.5. The lowest BCUT2D eigenvalue weighted by Crippen LogP contribution is -2.31. The first-order valence-electron chi connectivity index (χ1n) is 11.7. The van der Waals surface area contributed by atoms with Crippen LogP contribution < -0.4 is 20.7 Å². The summed E-state index contributed by atoms with van der Waals surface area (Å²) in [7, 11) is 0. The number of hydrogen-bond donors (Lipinski definition) is 3. The molecule has 178 valence electrons. The standard InChI is InChI=1S/C28H33N3O3/c1-3-21(2)30-28(33)23-14-16-24(17-15-23)29-20-27(32)31-25-12-7-13-26(19-25)34-18-8-11-22-9-5-4-6-10-22/h4-7,9-10,12-17,19,21,29H,3,8,11,18,20H2,1-2H3,(H,30,33)(H,31,32). The molecule has 3 aromatic carbocycles. The van der Waals surface area contributed by atoms with Crippen molar-refractivity contribution in [1.29, 1.82) is 0 Å². The lowest BCUT2D eigenvalue weighted by Gasteiger charge is -2.12. The molecule has 1 atom stereocenters. The van der Waals surface area contributed by atoms with E-state index in [2.05, 4.69) is 28.1 Å². The molecule has 0 saturated heterocycles. The van der Waals surface area contributed by atoms with Crippen molar-refractivity contribution in [3.8, 4) is 5.75 Å². The highest BCUT2D eigenvalue weighted by Crippen LogP contribution is 2.18. The summed E-state index contributed by atoms with van der Waals surface area (Å²) in [6.07, 6.45) is 2.76. The third-order valence-electron chi connectivity index (χ3n) is 5.43. The van der Waals surface area contributed by atoms with Gasteiger partial charge in [-0.2, -0.15) is 0 Å². The van der Waals surface area contributed by atoms with Gasteiger partial charge in [0.05, 0.1) is 13.2 Å². The van der Waals surface area contributed by atoms with Crippen molar-refractivity contribution in [2.75, 3.05) is 23.8 Å². The molecule has 0 bridgehead atoms. The minimum absolute atomic E-state index is 0.0965. The van der Waals surface area contributed by atoms with E-state index in [0.717, 1.165) is 30.7 Å². The van der Waals surface area contributed by atoms with Crippen molar-refractivity contribution < 1.29 is 14.3 Å². The number of aryl methyl sites for hydroxylation is 1. The van der Waals surface area contributed by atoms with E-state index in [1.165, 1.54) is 5.56 Å². The van der Waals surface area contributed by atoms with E-state index < -0.39 is 0 Å². The van der Waals surface area contributed by atoms with E-state index in [-0.39, 0.29) is 24.4 Å². The lowest BCUT2D eigenvalue weighted by atomic mass is 10.1. The zero-order valence-electron chi connectivity index (χ0n) is 19.8. The Morgan fingerprint density at radius 1 is 0.912 bits per heavy atom. The number of benzene rings is 3. The molecule has 1 unspecified atom stereocenters. The number of amides is 2. The normalized spacial score (nSPS) is 11.4. The average Bonchev–Trinajstić information content (AvgIpc) is 2.86. The Bertz CT molecular complexity index is 1050. The predicted octanol–water partition coefficient (Wildman–Crippen LogP) is 5.28. The molecule has 0 aromatic heterocycles. The van der Waals surface area contributed by atoms with Crippen LogP contribution in [0.1, 0.15) is 42.6 Å². The fraction of sp³-hybridized carbons (Fsp3) is 0.286. The summed E-state index contributed by atoms with van der Waals surface area (Å²) in [4.78, 5) is 24.5. The molecule has 3 N–H and O–H groups in total. The van der Waals surface area contributed by atoms with E-state index in [4.69, 9.17) is 4.74 Å². The Labute approximate surface area is 201 Å². The van der Waals surface area contributed by atoms with Crippen LogP contribution in [0, 0.1) is 0 Å². The van der Waals surface area contributed by atoms with Crippen LogP contribution in [0.3, 0.4) is 0 Å². The molecule has 0 spiro atoms. The van der Waals surface area contributed by atoms with Crippen LogP contribution in [0.15, 0.2) is 78.9 Å². The number of hydrogen-bond acceptors (Lipinski definition) is 4. The summed E-state index contributed by atoms with van der Waals surface area (Å²) in [5, 5.41) is 8.90. The van der Waals surface area contributed by atoms with Crippen molar-refractivity contribution in [2.45, 2.75) is 39.2 Å². The zero-order valence-corrected chi connectivity index (χ0v) is 19.8. The minimum atomic E-state index is -0.167. The van der Waals surface area contributed by atoms with Gasteiger partial charge in [0.2, 0.25) is 5.91 Å². The Hall–Kier alpha value is -3.80. The van der Waals surface area contributed by atoms with Crippen molar-refractivity contribution >= 4 is 23.2 Å². The molecule has 0 aliphatic heterocycles. The van der Waals surface area contributed by atoms with Crippen LogP contribution in [0.4, 0.5) is 11.4 Å². The first-order chi connectivity index (χ1) is 16.5. The molecule has 0 radical (unpaired) electrons. The van der Waals surface area contributed by atoms with Crippen LogP contribution in [-0.2, 0) is 11.2 Å². The van der Waals surface area contributed by atoms with Gasteiger partial charge in [0.25, 0.3) is 5.91 Å². The second kappa shape index (κ2) is 13.0. The van der Waals surface area contributed by atoms with Gasteiger partial charge in [0.15, 0.2) is 0 Å². The van der Waals surface area contributed by atoms with Gasteiger partial charge in [-0.15, -0.1) is 0 Å². The molecule has 0 heterocycles. The van der Waals surface area contributed by atoms with Crippen LogP contribution in [0.25, 0.3) is 0 Å². The molecule has 6 heteroatoms. The van der Waals surface area contributed by atoms with Crippen molar-refractivity contribution in [3.05, 3.63) is 90.0 Å². The second-order valence-electron chi connectivity index (χ2n) is 8.23. The summed E-state index contributed by atoms with van der Waals surface area (Å²) in [6.45, 7) is 4.72. The molecule has 0 aliphatic rings. The van der Waals surface area contributed by atoms with Crippen LogP contribution >= 0.6 is 0 Å². The number of rotatable bonds is 12. The summed E-state index contributed by atoms with van der Waals surface area (Å²) < 4.78 is 5.84. The number of nitrogens with one attached hydrogen (secondary N) is 3. The van der Waals surface area contributed by atoms with Crippen LogP contribution in [0.5, 0.6) is 5.75 Å². The predicted molar refractivity (Wildman–Crippen MR) is 137 cm³/mol. The molecule has 0 fully saturated rings. The smallest absolute Gasteiger partial charge is 0.251 e. The van der Waals surface area contributed by atoms with Gasteiger partial charge >= 0.3 is 0 Å². The molecule has 6 nitrogen and oxygen atoms in total. The summed E-state index contributed by atoms with van der Waals surface area (Å²) >= 11 is 0. The van der Waals surface area contributed by atoms with Gasteiger partial charge in [-0.25, -0.2) is 0 Å². The maximum atomic E-state index is 12.4. The van der Waals surface area contributed by atoms with Gasteiger partial charge < -0.3 is 20.7 Å².